The Morgan fingerprint density at radius 2 is 1.71 bits per heavy atom. The minimum absolute atomic E-state index is 0.0646. The van der Waals surface area contributed by atoms with E-state index in [-0.39, 0.29) is 11.9 Å². The van der Waals surface area contributed by atoms with Gasteiger partial charge < -0.3 is 9.80 Å². The van der Waals surface area contributed by atoms with Crippen LogP contribution in [-0.2, 0) is 4.79 Å². The topological polar surface area (TPSA) is 69.9 Å². The van der Waals surface area contributed by atoms with Crippen LogP contribution in [0.25, 0.3) is 5.65 Å². The molecule has 0 bridgehead atoms. The zero-order chi connectivity index (χ0) is 19.1. The van der Waals surface area contributed by atoms with Crippen LogP contribution in [0.15, 0.2) is 12.1 Å². The molecule has 1 amide bonds. The van der Waals surface area contributed by atoms with Crippen LogP contribution in [-0.4, -0.2) is 81.3 Å². The van der Waals surface area contributed by atoms with Crippen molar-refractivity contribution in [3.8, 4) is 0 Å². The molecule has 2 aromatic heterocycles. The smallest absolute Gasteiger partial charge is 0.239 e. The van der Waals surface area contributed by atoms with Crippen LogP contribution in [0.3, 0.4) is 0 Å². The van der Waals surface area contributed by atoms with Crippen LogP contribution in [0, 0.1) is 0 Å². The molecule has 5 rings (SSSR count). The summed E-state index contributed by atoms with van der Waals surface area (Å²) in [5.74, 6) is 2.64. The van der Waals surface area contributed by atoms with Gasteiger partial charge in [-0.25, -0.2) is 0 Å². The van der Waals surface area contributed by atoms with E-state index < -0.39 is 0 Å². The summed E-state index contributed by atoms with van der Waals surface area (Å²) in [4.78, 5) is 19.1. The first-order valence-electron chi connectivity index (χ1n) is 10.7. The second kappa shape index (κ2) is 7.31. The third-order valence-corrected chi connectivity index (χ3v) is 6.67. The van der Waals surface area contributed by atoms with Crippen LogP contribution in [0.4, 0.5) is 5.82 Å². The van der Waals surface area contributed by atoms with Gasteiger partial charge in [-0.15, -0.1) is 15.3 Å². The molecule has 2 aromatic rings. The zero-order valence-corrected chi connectivity index (χ0v) is 16.6. The number of amides is 1. The van der Waals surface area contributed by atoms with Gasteiger partial charge in [-0.1, -0.05) is 0 Å². The van der Waals surface area contributed by atoms with Gasteiger partial charge >= 0.3 is 0 Å². The summed E-state index contributed by atoms with van der Waals surface area (Å²) < 4.78 is 1.95. The van der Waals surface area contributed by atoms with Gasteiger partial charge in [0.2, 0.25) is 5.91 Å². The molecule has 0 saturated carbocycles. The fourth-order valence-corrected chi connectivity index (χ4v) is 4.98. The average Bonchev–Trinajstić information content (AvgIpc) is 3.40. The molecule has 8 nitrogen and oxygen atoms in total. The summed E-state index contributed by atoms with van der Waals surface area (Å²) in [5.41, 5.74) is 0.824. The molecule has 1 atom stereocenters. The molecule has 0 spiro atoms. The molecule has 0 N–H and O–H groups in total. The number of fused-ring (bicyclic) bond motifs is 1. The number of carbonyl (C=O) groups is 1. The largest absolute Gasteiger partial charge is 0.355 e. The first-order valence-corrected chi connectivity index (χ1v) is 10.7. The number of likely N-dealkylation sites (tertiary alicyclic amines) is 2. The highest BCUT2D eigenvalue weighted by atomic mass is 16.2. The Morgan fingerprint density at radius 3 is 2.50 bits per heavy atom. The lowest BCUT2D eigenvalue weighted by molar-refractivity contribution is -0.139. The van der Waals surface area contributed by atoms with Gasteiger partial charge in [0.25, 0.3) is 0 Å². The lowest BCUT2D eigenvalue weighted by Crippen LogP contribution is -2.53. The number of rotatable bonds is 3. The lowest BCUT2D eigenvalue weighted by Gasteiger charge is -2.40. The van der Waals surface area contributed by atoms with Gasteiger partial charge in [0.05, 0.1) is 6.04 Å². The van der Waals surface area contributed by atoms with Gasteiger partial charge in [-0.05, 0) is 63.7 Å². The van der Waals surface area contributed by atoms with Crippen LogP contribution < -0.4 is 4.90 Å². The number of likely N-dealkylation sites (N-methyl/N-ethyl adjacent to an activating group) is 1. The Balaban J connectivity index is 1.31. The van der Waals surface area contributed by atoms with Crippen molar-refractivity contribution in [3.05, 3.63) is 18.0 Å². The lowest BCUT2D eigenvalue weighted by atomic mass is 9.93. The highest BCUT2D eigenvalue weighted by Gasteiger charge is 2.35. The Hall–Kier alpha value is -2.22. The SMILES string of the molecule is CN1CCCC(N2CCC(c3nnc4ccc(N5CCCC5)nn34)CC2)C1=O. The van der Waals surface area contributed by atoms with Crippen molar-refractivity contribution in [2.24, 2.45) is 0 Å². The summed E-state index contributed by atoms with van der Waals surface area (Å²) in [7, 11) is 1.92. The van der Waals surface area contributed by atoms with Gasteiger partial charge in [-0.2, -0.15) is 4.52 Å². The highest BCUT2D eigenvalue weighted by Crippen LogP contribution is 2.30. The predicted molar refractivity (Wildman–Crippen MR) is 106 cm³/mol. The molecule has 8 heteroatoms. The molecule has 150 valence electrons. The van der Waals surface area contributed by atoms with Crippen LogP contribution >= 0.6 is 0 Å². The third kappa shape index (κ3) is 3.13. The summed E-state index contributed by atoms with van der Waals surface area (Å²) in [5, 5.41) is 13.7. The highest BCUT2D eigenvalue weighted by molar-refractivity contribution is 5.82. The normalized spacial score (nSPS) is 25.2. The fourth-order valence-electron chi connectivity index (χ4n) is 4.98. The third-order valence-electron chi connectivity index (χ3n) is 6.67. The number of aromatic nitrogens is 4. The number of piperidine rings is 2. The molecule has 5 heterocycles. The minimum atomic E-state index is 0.0646. The number of carbonyl (C=O) groups excluding carboxylic acids is 1. The first-order chi connectivity index (χ1) is 13.7. The Kier molecular flexibility index (Phi) is 4.66. The van der Waals surface area contributed by atoms with Gasteiger partial charge in [0, 0.05) is 32.6 Å². The maximum absolute atomic E-state index is 12.5. The Morgan fingerprint density at radius 1 is 0.929 bits per heavy atom. The van der Waals surface area contributed by atoms with E-state index >= 15 is 0 Å². The summed E-state index contributed by atoms with van der Waals surface area (Å²) in [6.45, 7) is 4.93. The van der Waals surface area contributed by atoms with Crippen molar-refractivity contribution in [1.29, 1.82) is 0 Å². The van der Waals surface area contributed by atoms with Crippen LogP contribution in [0.2, 0.25) is 0 Å². The van der Waals surface area contributed by atoms with Crippen LogP contribution in [0.5, 0.6) is 0 Å². The van der Waals surface area contributed by atoms with Crippen molar-refractivity contribution < 1.29 is 4.79 Å². The maximum atomic E-state index is 12.5. The van der Waals surface area contributed by atoms with Crippen molar-refractivity contribution in [2.45, 2.75) is 50.5 Å². The van der Waals surface area contributed by atoms with E-state index in [1.165, 1.54) is 12.8 Å². The number of anilines is 1. The van der Waals surface area contributed by atoms with Crippen molar-refractivity contribution in [2.75, 3.05) is 44.7 Å². The van der Waals surface area contributed by atoms with Gasteiger partial charge in [0.15, 0.2) is 11.5 Å². The van der Waals surface area contributed by atoms with E-state index in [2.05, 4.69) is 26.1 Å². The minimum Gasteiger partial charge on any atom is -0.355 e. The standard InChI is InChI=1S/C20H29N7O/c1-24-10-4-5-16(20(24)28)25-13-8-15(9-14-25)19-22-21-17-6-7-18(23-27(17)19)26-11-2-3-12-26/h6-7,15-16H,2-5,8-14H2,1H3. The molecular weight excluding hydrogens is 354 g/mol. The molecule has 0 radical (unpaired) electrons. The molecule has 1 unspecified atom stereocenters. The molecule has 0 aromatic carbocycles. The van der Waals surface area contributed by atoms with Crippen LogP contribution in [0.1, 0.15) is 50.3 Å². The number of nitrogens with zero attached hydrogens (tertiary/aromatic N) is 7. The number of hydrogen-bond acceptors (Lipinski definition) is 6. The zero-order valence-electron chi connectivity index (χ0n) is 16.6. The molecule has 28 heavy (non-hydrogen) atoms. The average molecular weight is 384 g/mol. The van der Waals surface area contributed by atoms with E-state index in [1.807, 2.05) is 22.5 Å². The summed E-state index contributed by atoms with van der Waals surface area (Å²) in [6, 6.07) is 4.16. The first kappa shape index (κ1) is 17.8. The summed E-state index contributed by atoms with van der Waals surface area (Å²) in [6.07, 6.45) is 6.58. The van der Waals surface area contributed by atoms with E-state index in [4.69, 9.17) is 5.10 Å². The van der Waals surface area contributed by atoms with Crippen molar-refractivity contribution >= 4 is 17.4 Å². The molecule has 3 saturated heterocycles. The second-order valence-corrected chi connectivity index (χ2v) is 8.44. The molecule has 3 aliphatic rings. The Labute approximate surface area is 165 Å². The quantitative estimate of drug-likeness (QED) is 0.801. The maximum Gasteiger partial charge on any atom is 0.239 e. The molecule has 3 aliphatic heterocycles. The second-order valence-electron chi connectivity index (χ2n) is 8.44. The monoisotopic (exact) mass is 383 g/mol. The van der Waals surface area contributed by atoms with Crippen molar-refractivity contribution in [3.63, 3.8) is 0 Å². The molecular formula is C20H29N7O. The van der Waals surface area contributed by atoms with E-state index in [9.17, 15) is 4.79 Å². The van der Waals surface area contributed by atoms with E-state index in [0.717, 1.165) is 75.7 Å². The predicted octanol–water partition coefficient (Wildman–Crippen LogP) is 1.52. The Bertz CT molecular complexity index is 851. The van der Waals surface area contributed by atoms with Gasteiger partial charge in [-0.3, -0.25) is 9.69 Å². The number of hydrogen-bond donors (Lipinski definition) is 0. The fraction of sp³-hybridized carbons (Fsp3) is 0.700. The van der Waals surface area contributed by atoms with E-state index in [1.54, 1.807) is 0 Å². The molecule has 3 fully saturated rings. The van der Waals surface area contributed by atoms with Crippen molar-refractivity contribution in [1.82, 2.24) is 29.6 Å². The van der Waals surface area contributed by atoms with Gasteiger partial charge in [0.1, 0.15) is 5.82 Å². The van der Waals surface area contributed by atoms with E-state index in [0.29, 0.717) is 5.92 Å². The molecule has 0 aliphatic carbocycles. The summed E-state index contributed by atoms with van der Waals surface area (Å²) >= 11 is 0.